The highest BCUT2D eigenvalue weighted by molar-refractivity contribution is 5.82. The van der Waals surface area contributed by atoms with E-state index in [1.54, 1.807) is 29.2 Å². The van der Waals surface area contributed by atoms with Crippen molar-refractivity contribution in [2.24, 2.45) is 7.05 Å². The Balaban J connectivity index is 1.75. The van der Waals surface area contributed by atoms with Crippen molar-refractivity contribution in [1.29, 1.82) is 0 Å². The van der Waals surface area contributed by atoms with Gasteiger partial charge in [0.2, 0.25) is 0 Å². The summed E-state index contributed by atoms with van der Waals surface area (Å²) in [6.45, 7) is 0. The molecule has 4 nitrogen and oxygen atoms in total. The average molecular weight is 387 g/mol. The van der Waals surface area contributed by atoms with Crippen LogP contribution in [0.25, 0.3) is 22.4 Å². The molecule has 0 bridgehead atoms. The molecule has 1 atom stereocenters. The van der Waals surface area contributed by atoms with Crippen molar-refractivity contribution in [1.82, 2.24) is 14.8 Å². The van der Waals surface area contributed by atoms with Crippen LogP contribution in [0.4, 0.5) is 4.39 Å². The Morgan fingerprint density at radius 1 is 0.931 bits per heavy atom. The van der Waals surface area contributed by atoms with E-state index in [2.05, 4.69) is 22.2 Å². The number of aryl methyl sites for hydroxylation is 2. The van der Waals surface area contributed by atoms with Crippen LogP contribution in [-0.2, 0) is 13.5 Å². The van der Waals surface area contributed by atoms with Crippen molar-refractivity contribution in [3.63, 3.8) is 0 Å². The molecule has 2 heterocycles. The van der Waals surface area contributed by atoms with Crippen LogP contribution >= 0.6 is 0 Å². The number of aliphatic hydroxyl groups excluding tert-OH is 1. The first-order valence-electron chi connectivity index (χ1n) is 9.58. The summed E-state index contributed by atoms with van der Waals surface area (Å²) in [6, 6.07) is 20.2. The number of benzene rings is 2. The molecular weight excluding hydrogens is 365 g/mol. The van der Waals surface area contributed by atoms with E-state index in [0.29, 0.717) is 12.1 Å². The predicted octanol–water partition coefficient (Wildman–Crippen LogP) is 4.95. The molecule has 0 saturated heterocycles. The van der Waals surface area contributed by atoms with Gasteiger partial charge in [-0.25, -0.2) is 4.39 Å². The molecular formula is C24H22FN3O. The van der Waals surface area contributed by atoms with Gasteiger partial charge in [-0.05, 0) is 60.4 Å². The highest BCUT2D eigenvalue weighted by atomic mass is 19.1. The SMILES string of the molecule is Cn1nc(-c2ccc(F)cc2)c(-c2ccncc2)c1C(O)CCc1ccccc1. The van der Waals surface area contributed by atoms with Gasteiger partial charge < -0.3 is 5.11 Å². The zero-order chi connectivity index (χ0) is 20.2. The second-order valence-corrected chi connectivity index (χ2v) is 7.02. The largest absolute Gasteiger partial charge is 0.387 e. The van der Waals surface area contributed by atoms with Gasteiger partial charge in [-0.15, -0.1) is 0 Å². The minimum Gasteiger partial charge on any atom is -0.387 e. The zero-order valence-electron chi connectivity index (χ0n) is 16.2. The number of halogens is 1. The van der Waals surface area contributed by atoms with Crippen LogP contribution in [0, 0.1) is 5.82 Å². The zero-order valence-corrected chi connectivity index (χ0v) is 16.2. The molecule has 29 heavy (non-hydrogen) atoms. The number of hydrogen-bond acceptors (Lipinski definition) is 3. The van der Waals surface area contributed by atoms with Crippen molar-refractivity contribution in [2.75, 3.05) is 0 Å². The van der Waals surface area contributed by atoms with Crippen LogP contribution < -0.4 is 0 Å². The number of nitrogens with zero attached hydrogens (tertiary/aromatic N) is 3. The lowest BCUT2D eigenvalue weighted by Crippen LogP contribution is -2.07. The summed E-state index contributed by atoms with van der Waals surface area (Å²) in [5.41, 5.74) is 5.20. The average Bonchev–Trinajstić information content (AvgIpc) is 3.11. The van der Waals surface area contributed by atoms with E-state index in [1.165, 1.54) is 17.7 Å². The number of pyridine rings is 1. The molecule has 146 valence electrons. The third-order valence-electron chi connectivity index (χ3n) is 5.04. The van der Waals surface area contributed by atoms with E-state index >= 15 is 0 Å². The smallest absolute Gasteiger partial charge is 0.123 e. The summed E-state index contributed by atoms with van der Waals surface area (Å²) in [5, 5.41) is 15.7. The Kier molecular flexibility index (Phi) is 5.49. The molecule has 2 aromatic carbocycles. The second-order valence-electron chi connectivity index (χ2n) is 7.02. The maximum atomic E-state index is 13.4. The van der Waals surface area contributed by atoms with Gasteiger partial charge >= 0.3 is 0 Å². The van der Waals surface area contributed by atoms with E-state index in [1.807, 2.05) is 37.4 Å². The Labute approximate surface area is 169 Å². The maximum absolute atomic E-state index is 13.4. The second kappa shape index (κ2) is 8.37. The molecule has 0 saturated carbocycles. The number of aromatic nitrogens is 3. The fraction of sp³-hybridized carbons (Fsp3) is 0.167. The molecule has 5 heteroatoms. The Morgan fingerprint density at radius 3 is 2.31 bits per heavy atom. The van der Waals surface area contributed by atoms with Crippen molar-refractivity contribution >= 4 is 0 Å². The van der Waals surface area contributed by atoms with E-state index in [-0.39, 0.29) is 5.82 Å². The summed E-state index contributed by atoms with van der Waals surface area (Å²) >= 11 is 0. The van der Waals surface area contributed by atoms with Crippen LogP contribution in [0.3, 0.4) is 0 Å². The Hall–Kier alpha value is -3.31. The van der Waals surface area contributed by atoms with Crippen molar-refractivity contribution in [3.8, 4) is 22.4 Å². The van der Waals surface area contributed by atoms with Gasteiger partial charge in [0.15, 0.2) is 0 Å². The molecule has 0 radical (unpaired) electrons. The van der Waals surface area contributed by atoms with Crippen molar-refractivity contribution in [2.45, 2.75) is 18.9 Å². The quantitative estimate of drug-likeness (QED) is 0.509. The third-order valence-corrected chi connectivity index (χ3v) is 5.04. The topological polar surface area (TPSA) is 50.9 Å². The lowest BCUT2D eigenvalue weighted by atomic mass is 9.95. The summed E-state index contributed by atoms with van der Waals surface area (Å²) in [7, 11) is 1.83. The molecule has 0 aliphatic heterocycles. The van der Waals surface area contributed by atoms with Gasteiger partial charge in [-0.2, -0.15) is 5.10 Å². The highest BCUT2D eigenvalue weighted by Gasteiger charge is 2.24. The van der Waals surface area contributed by atoms with Crippen molar-refractivity contribution in [3.05, 3.63) is 96.2 Å². The van der Waals surface area contributed by atoms with E-state index < -0.39 is 6.10 Å². The van der Waals surface area contributed by atoms with E-state index in [0.717, 1.165) is 28.8 Å². The van der Waals surface area contributed by atoms with Crippen molar-refractivity contribution < 1.29 is 9.50 Å². The van der Waals surface area contributed by atoms with Crippen LogP contribution in [0.2, 0.25) is 0 Å². The number of rotatable bonds is 6. The molecule has 2 aromatic heterocycles. The van der Waals surface area contributed by atoms with Gasteiger partial charge in [0.05, 0.1) is 11.8 Å². The third kappa shape index (κ3) is 4.10. The fourth-order valence-corrected chi connectivity index (χ4v) is 3.62. The van der Waals surface area contributed by atoms with Crippen LogP contribution in [0.15, 0.2) is 79.1 Å². The maximum Gasteiger partial charge on any atom is 0.123 e. The minimum atomic E-state index is -0.690. The minimum absolute atomic E-state index is 0.293. The molecule has 4 rings (SSSR count). The van der Waals surface area contributed by atoms with Crippen LogP contribution in [0.1, 0.15) is 23.8 Å². The van der Waals surface area contributed by atoms with Gasteiger partial charge in [-0.3, -0.25) is 9.67 Å². The first-order chi connectivity index (χ1) is 14.1. The molecule has 0 fully saturated rings. The highest BCUT2D eigenvalue weighted by Crippen LogP contribution is 2.38. The Bertz CT molecular complexity index is 1080. The molecule has 0 aliphatic carbocycles. The Morgan fingerprint density at radius 2 is 1.62 bits per heavy atom. The fourth-order valence-electron chi connectivity index (χ4n) is 3.62. The number of aliphatic hydroxyl groups is 1. The monoisotopic (exact) mass is 387 g/mol. The molecule has 1 unspecified atom stereocenters. The predicted molar refractivity (Wildman–Crippen MR) is 112 cm³/mol. The first kappa shape index (κ1) is 19.0. The summed E-state index contributed by atoms with van der Waals surface area (Å²) in [4.78, 5) is 4.10. The first-order valence-corrected chi connectivity index (χ1v) is 9.58. The summed E-state index contributed by atoms with van der Waals surface area (Å²) in [5.74, 6) is -0.293. The van der Waals surface area contributed by atoms with E-state index in [9.17, 15) is 9.50 Å². The lowest BCUT2D eigenvalue weighted by molar-refractivity contribution is 0.159. The van der Waals surface area contributed by atoms with Gasteiger partial charge in [0.1, 0.15) is 11.5 Å². The molecule has 1 N–H and O–H groups in total. The molecule has 4 aromatic rings. The standard InChI is InChI=1S/C24H22FN3O/c1-28-24(21(29)12-7-17-5-3-2-4-6-17)22(18-13-15-26-16-14-18)23(27-28)19-8-10-20(25)11-9-19/h2-6,8-11,13-16,21,29H,7,12H2,1H3. The normalized spacial score (nSPS) is 12.1. The van der Waals surface area contributed by atoms with Gasteiger partial charge in [-0.1, -0.05) is 30.3 Å². The lowest BCUT2D eigenvalue weighted by Gasteiger charge is -2.14. The summed E-state index contributed by atoms with van der Waals surface area (Å²) < 4.78 is 15.2. The molecule has 0 spiro atoms. The summed E-state index contributed by atoms with van der Waals surface area (Å²) in [6.07, 6.45) is 4.08. The van der Waals surface area contributed by atoms with Crippen LogP contribution in [-0.4, -0.2) is 19.9 Å². The molecule has 0 amide bonds. The van der Waals surface area contributed by atoms with Gasteiger partial charge in [0, 0.05) is 30.6 Å². The molecule has 0 aliphatic rings. The van der Waals surface area contributed by atoms with Gasteiger partial charge in [0.25, 0.3) is 0 Å². The number of hydrogen-bond donors (Lipinski definition) is 1. The van der Waals surface area contributed by atoms with E-state index in [4.69, 9.17) is 0 Å². The van der Waals surface area contributed by atoms with Crippen LogP contribution in [0.5, 0.6) is 0 Å².